The van der Waals surface area contributed by atoms with Crippen LogP contribution >= 0.6 is 0 Å². The molecule has 0 aromatic heterocycles. The second-order valence-electron chi connectivity index (χ2n) is 3.96. The molecule has 0 spiro atoms. The first kappa shape index (κ1) is 14.2. The van der Waals surface area contributed by atoms with E-state index in [0.717, 1.165) is 11.1 Å². The van der Waals surface area contributed by atoms with Crippen molar-refractivity contribution in [3.05, 3.63) is 34.9 Å². The lowest BCUT2D eigenvalue weighted by molar-refractivity contribution is -0.143. The number of hydrogen-bond donors (Lipinski definition) is 0. The number of benzene rings is 1. The van der Waals surface area contributed by atoms with E-state index in [4.69, 9.17) is 9.47 Å². The molecular weight excluding hydrogens is 232 g/mol. The molecule has 0 saturated carbocycles. The standard InChI is InChI=1S/C14H18O4/c1-4-18-13(15)8-7-11-6-5-10(2)9-12(11)14(16)17-3/h5-6,9H,4,7-8H2,1-3H3. The third-order valence-corrected chi connectivity index (χ3v) is 2.57. The first-order valence-electron chi connectivity index (χ1n) is 5.92. The molecule has 0 radical (unpaired) electrons. The van der Waals surface area contributed by atoms with Crippen molar-refractivity contribution in [3.63, 3.8) is 0 Å². The summed E-state index contributed by atoms with van der Waals surface area (Å²) in [5, 5.41) is 0. The first-order chi connectivity index (χ1) is 8.58. The Hall–Kier alpha value is -1.84. The third-order valence-electron chi connectivity index (χ3n) is 2.57. The number of esters is 2. The highest BCUT2D eigenvalue weighted by Gasteiger charge is 2.13. The van der Waals surface area contributed by atoms with Gasteiger partial charge in [-0.3, -0.25) is 4.79 Å². The fourth-order valence-corrected chi connectivity index (χ4v) is 1.68. The smallest absolute Gasteiger partial charge is 0.338 e. The van der Waals surface area contributed by atoms with E-state index in [0.29, 0.717) is 18.6 Å². The van der Waals surface area contributed by atoms with Crippen molar-refractivity contribution in [2.24, 2.45) is 0 Å². The summed E-state index contributed by atoms with van der Waals surface area (Å²) in [6, 6.07) is 5.53. The summed E-state index contributed by atoms with van der Waals surface area (Å²) in [6.45, 7) is 4.04. The lowest BCUT2D eigenvalue weighted by Crippen LogP contribution is -2.09. The van der Waals surface area contributed by atoms with E-state index >= 15 is 0 Å². The Labute approximate surface area is 107 Å². The molecule has 4 heteroatoms. The lowest BCUT2D eigenvalue weighted by Gasteiger charge is -2.08. The zero-order chi connectivity index (χ0) is 13.5. The molecule has 4 nitrogen and oxygen atoms in total. The minimum absolute atomic E-state index is 0.256. The molecule has 0 aliphatic rings. The van der Waals surface area contributed by atoms with Crippen molar-refractivity contribution in [2.45, 2.75) is 26.7 Å². The van der Waals surface area contributed by atoms with Gasteiger partial charge in [0, 0.05) is 6.42 Å². The minimum atomic E-state index is -0.377. The highest BCUT2D eigenvalue weighted by Crippen LogP contribution is 2.15. The van der Waals surface area contributed by atoms with Crippen LogP contribution in [-0.2, 0) is 20.7 Å². The van der Waals surface area contributed by atoms with Gasteiger partial charge < -0.3 is 9.47 Å². The average Bonchev–Trinajstić information content (AvgIpc) is 2.36. The molecule has 0 fully saturated rings. The molecule has 0 aliphatic heterocycles. The predicted octanol–water partition coefficient (Wildman–Crippen LogP) is 2.28. The van der Waals surface area contributed by atoms with Crippen molar-refractivity contribution < 1.29 is 19.1 Å². The highest BCUT2D eigenvalue weighted by molar-refractivity contribution is 5.91. The van der Waals surface area contributed by atoms with Gasteiger partial charge in [0.2, 0.25) is 0 Å². The van der Waals surface area contributed by atoms with Gasteiger partial charge in [-0.2, -0.15) is 0 Å². The van der Waals surface area contributed by atoms with Gasteiger partial charge in [-0.05, 0) is 31.9 Å². The number of carbonyl (C=O) groups is 2. The van der Waals surface area contributed by atoms with Crippen molar-refractivity contribution in [1.82, 2.24) is 0 Å². The molecule has 0 aliphatic carbocycles. The van der Waals surface area contributed by atoms with Crippen LogP contribution in [0.15, 0.2) is 18.2 Å². The number of methoxy groups -OCH3 is 1. The Balaban J connectivity index is 2.81. The van der Waals surface area contributed by atoms with Crippen LogP contribution in [0.3, 0.4) is 0 Å². The van der Waals surface area contributed by atoms with Crippen LogP contribution in [-0.4, -0.2) is 25.7 Å². The Morgan fingerprint density at radius 2 is 2.00 bits per heavy atom. The zero-order valence-corrected chi connectivity index (χ0v) is 11.0. The quantitative estimate of drug-likeness (QED) is 0.752. The molecule has 0 N–H and O–H groups in total. The summed E-state index contributed by atoms with van der Waals surface area (Å²) < 4.78 is 9.59. The number of ether oxygens (including phenoxy) is 2. The van der Waals surface area contributed by atoms with E-state index in [1.807, 2.05) is 19.1 Å². The largest absolute Gasteiger partial charge is 0.466 e. The molecule has 0 heterocycles. The maximum Gasteiger partial charge on any atom is 0.338 e. The Kier molecular flexibility index (Phi) is 5.36. The lowest BCUT2D eigenvalue weighted by atomic mass is 10.0. The van der Waals surface area contributed by atoms with E-state index in [1.165, 1.54) is 7.11 Å². The molecular formula is C14H18O4. The molecule has 0 amide bonds. The van der Waals surface area contributed by atoms with E-state index in [2.05, 4.69) is 0 Å². The summed E-state index contributed by atoms with van der Waals surface area (Å²) >= 11 is 0. The maximum atomic E-state index is 11.6. The summed E-state index contributed by atoms with van der Waals surface area (Å²) in [6.07, 6.45) is 0.741. The molecule has 0 atom stereocenters. The van der Waals surface area contributed by atoms with Crippen LogP contribution in [0.4, 0.5) is 0 Å². The van der Waals surface area contributed by atoms with Gasteiger partial charge in [0.1, 0.15) is 0 Å². The highest BCUT2D eigenvalue weighted by atomic mass is 16.5. The fraction of sp³-hybridized carbons (Fsp3) is 0.429. The van der Waals surface area contributed by atoms with Gasteiger partial charge in [-0.15, -0.1) is 0 Å². The van der Waals surface area contributed by atoms with Gasteiger partial charge in [-0.1, -0.05) is 17.7 Å². The van der Waals surface area contributed by atoms with Gasteiger partial charge in [-0.25, -0.2) is 4.79 Å². The zero-order valence-electron chi connectivity index (χ0n) is 11.0. The first-order valence-corrected chi connectivity index (χ1v) is 5.92. The topological polar surface area (TPSA) is 52.6 Å². The maximum absolute atomic E-state index is 11.6. The molecule has 1 aromatic rings. The second kappa shape index (κ2) is 6.79. The van der Waals surface area contributed by atoms with Crippen molar-refractivity contribution >= 4 is 11.9 Å². The summed E-state index contributed by atoms with van der Waals surface area (Å²) in [5.41, 5.74) is 2.30. The third kappa shape index (κ3) is 3.87. The summed E-state index contributed by atoms with van der Waals surface area (Å²) in [5.74, 6) is -0.633. The average molecular weight is 250 g/mol. The van der Waals surface area contributed by atoms with Gasteiger partial charge in [0.15, 0.2) is 0 Å². The van der Waals surface area contributed by atoms with Crippen LogP contribution in [0, 0.1) is 6.92 Å². The monoisotopic (exact) mass is 250 g/mol. The molecule has 0 unspecified atom stereocenters. The molecule has 1 rings (SSSR count). The summed E-state index contributed by atoms with van der Waals surface area (Å²) in [4.78, 5) is 22.9. The fourth-order valence-electron chi connectivity index (χ4n) is 1.68. The van der Waals surface area contributed by atoms with E-state index < -0.39 is 0 Å². The van der Waals surface area contributed by atoms with E-state index in [1.54, 1.807) is 13.0 Å². The number of rotatable bonds is 5. The van der Waals surface area contributed by atoms with Crippen molar-refractivity contribution in [2.75, 3.05) is 13.7 Å². The van der Waals surface area contributed by atoms with E-state index in [-0.39, 0.29) is 18.4 Å². The van der Waals surface area contributed by atoms with Crippen LogP contribution < -0.4 is 0 Å². The predicted molar refractivity (Wildman–Crippen MR) is 67.5 cm³/mol. The Morgan fingerprint density at radius 3 is 2.61 bits per heavy atom. The molecule has 1 aromatic carbocycles. The van der Waals surface area contributed by atoms with Gasteiger partial charge >= 0.3 is 11.9 Å². The molecule has 98 valence electrons. The van der Waals surface area contributed by atoms with E-state index in [9.17, 15) is 9.59 Å². The van der Waals surface area contributed by atoms with Crippen molar-refractivity contribution in [3.8, 4) is 0 Å². The SMILES string of the molecule is CCOC(=O)CCc1ccc(C)cc1C(=O)OC. The van der Waals surface area contributed by atoms with Gasteiger partial charge in [0.05, 0.1) is 19.3 Å². The number of hydrogen-bond acceptors (Lipinski definition) is 4. The number of carbonyl (C=O) groups excluding carboxylic acids is 2. The molecule has 18 heavy (non-hydrogen) atoms. The van der Waals surface area contributed by atoms with Crippen LogP contribution in [0.2, 0.25) is 0 Å². The summed E-state index contributed by atoms with van der Waals surface area (Å²) in [7, 11) is 1.35. The Morgan fingerprint density at radius 1 is 1.28 bits per heavy atom. The minimum Gasteiger partial charge on any atom is -0.466 e. The normalized spacial score (nSPS) is 9.94. The van der Waals surface area contributed by atoms with Crippen LogP contribution in [0.5, 0.6) is 0 Å². The molecule has 0 saturated heterocycles. The van der Waals surface area contributed by atoms with Crippen LogP contribution in [0.1, 0.15) is 34.8 Å². The number of aryl methyl sites for hydroxylation is 2. The second-order valence-corrected chi connectivity index (χ2v) is 3.96. The van der Waals surface area contributed by atoms with Gasteiger partial charge in [0.25, 0.3) is 0 Å². The van der Waals surface area contributed by atoms with Crippen molar-refractivity contribution in [1.29, 1.82) is 0 Å². The Bertz CT molecular complexity index is 437. The molecule has 0 bridgehead atoms. The van der Waals surface area contributed by atoms with Crippen LogP contribution in [0.25, 0.3) is 0 Å².